The van der Waals surface area contributed by atoms with Crippen LogP contribution in [-0.4, -0.2) is 35.7 Å². The molecule has 7 nitrogen and oxygen atoms in total. The maximum Gasteiger partial charge on any atom is 0.411 e. The summed E-state index contributed by atoms with van der Waals surface area (Å²) < 4.78 is 5.57. The van der Waals surface area contributed by atoms with Gasteiger partial charge in [-0.2, -0.15) is 0 Å². The highest BCUT2D eigenvalue weighted by molar-refractivity contribution is 6.04. The van der Waals surface area contributed by atoms with E-state index in [-0.39, 0.29) is 29.7 Å². The normalized spacial score (nSPS) is 15.1. The molecule has 3 aromatic carbocycles. The minimum absolute atomic E-state index is 0.0521. The van der Waals surface area contributed by atoms with Crippen molar-refractivity contribution in [3.63, 3.8) is 0 Å². The average molecular weight is 456 g/mol. The van der Waals surface area contributed by atoms with Crippen LogP contribution in [0.25, 0.3) is 11.1 Å². The third-order valence-electron chi connectivity index (χ3n) is 6.40. The number of hydrogen-bond acceptors (Lipinski definition) is 4. The van der Waals surface area contributed by atoms with Crippen LogP contribution in [0.3, 0.4) is 0 Å². The van der Waals surface area contributed by atoms with E-state index in [4.69, 9.17) is 4.74 Å². The van der Waals surface area contributed by atoms with Gasteiger partial charge in [0.05, 0.1) is 11.3 Å². The zero-order chi connectivity index (χ0) is 23.7. The van der Waals surface area contributed by atoms with Crippen LogP contribution in [0.1, 0.15) is 40.2 Å². The van der Waals surface area contributed by atoms with Crippen molar-refractivity contribution < 1.29 is 24.2 Å². The highest BCUT2D eigenvalue weighted by Gasteiger charge is 2.37. The van der Waals surface area contributed by atoms with Crippen LogP contribution in [0.2, 0.25) is 0 Å². The molecule has 2 aliphatic carbocycles. The number of carbonyl (C=O) groups excluding carboxylic acids is 2. The highest BCUT2D eigenvalue weighted by atomic mass is 16.5. The van der Waals surface area contributed by atoms with Gasteiger partial charge in [0.1, 0.15) is 12.6 Å². The van der Waals surface area contributed by atoms with Gasteiger partial charge in [0, 0.05) is 5.92 Å². The molecule has 0 aliphatic heterocycles. The van der Waals surface area contributed by atoms with E-state index < -0.39 is 24.0 Å². The number of amides is 2. The molecule has 1 atom stereocenters. The Balaban J connectivity index is 1.27. The van der Waals surface area contributed by atoms with Crippen molar-refractivity contribution in [2.45, 2.75) is 24.8 Å². The Morgan fingerprint density at radius 3 is 2.09 bits per heavy atom. The molecular weight excluding hydrogens is 432 g/mol. The maximum atomic E-state index is 12.8. The Kier molecular flexibility index (Phi) is 5.76. The molecule has 2 amide bonds. The highest BCUT2D eigenvalue weighted by Crippen LogP contribution is 2.44. The van der Waals surface area contributed by atoms with Crippen LogP contribution in [0.4, 0.5) is 10.5 Å². The molecule has 3 aromatic rings. The fourth-order valence-corrected chi connectivity index (χ4v) is 4.56. The molecule has 0 radical (unpaired) electrons. The van der Waals surface area contributed by atoms with Gasteiger partial charge >= 0.3 is 12.1 Å². The number of carbonyl (C=O) groups is 3. The Hall–Kier alpha value is -4.13. The van der Waals surface area contributed by atoms with Crippen molar-refractivity contribution in [3.05, 3.63) is 89.5 Å². The molecule has 7 heteroatoms. The number of carboxylic acids is 1. The number of benzene rings is 3. The number of ether oxygens (including phenoxy) is 1. The van der Waals surface area contributed by atoms with E-state index in [1.165, 1.54) is 0 Å². The molecule has 172 valence electrons. The first-order valence-corrected chi connectivity index (χ1v) is 11.3. The largest absolute Gasteiger partial charge is 0.480 e. The smallest absolute Gasteiger partial charge is 0.411 e. The van der Waals surface area contributed by atoms with Crippen molar-refractivity contribution >= 4 is 23.7 Å². The average Bonchev–Trinajstić information content (AvgIpc) is 3.63. The van der Waals surface area contributed by atoms with Gasteiger partial charge in [-0.15, -0.1) is 0 Å². The fourth-order valence-electron chi connectivity index (χ4n) is 4.56. The van der Waals surface area contributed by atoms with E-state index in [9.17, 15) is 19.5 Å². The van der Waals surface area contributed by atoms with Gasteiger partial charge in [-0.25, -0.2) is 9.59 Å². The Labute approximate surface area is 196 Å². The van der Waals surface area contributed by atoms with Gasteiger partial charge in [-0.05, 0) is 53.1 Å². The summed E-state index contributed by atoms with van der Waals surface area (Å²) in [6.45, 7) is 0.150. The van der Waals surface area contributed by atoms with Crippen LogP contribution in [0.5, 0.6) is 0 Å². The molecule has 1 unspecified atom stereocenters. The van der Waals surface area contributed by atoms with Gasteiger partial charge in [0.2, 0.25) is 0 Å². The first-order valence-electron chi connectivity index (χ1n) is 11.3. The zero-order valence-corrected chi connectivity index (χ0v) is 18.4. The third kappa shape index (κ3) is 4.24. The first kappa shape index (κ1) is 21.7. The Morgan fingerprint density at radius 1 is 0.882 bits per heavy atom. The molecule has 1 saturated carbocycles. The van der Waals surface area contributed by atoms with Crippen LogP contribution in [0.15, 0.2) is 72.8 Å². The zero-order valence-electron chi connectivity index (χ0n) is 18.4. The van der Waals surface area contributed by atoms with E-state index in [1.807, 2.05) is 36.4 Å². The molecule has 0 aromatic heterocycles. The molecule has 0 saturated heterocycles. The summed E-state index contributed by atoms with van der Waals surface area (Å²) in [4.78, 5) is 36.9. The molecule has 5 rings (SSSR count). The summed E-state index contributed by atoms with van der Waals surface area (Å²) in [5, 5.41) is 14.6. The quantitative estimate of drug-likeness (QED) is 0.480. The van der Waals surface area contributed by atoms with Gasteiger partial charge < -0.3 is 15.2 Å². The lowest BCUT2D eigenvalue weighted by Gasteiger charge is -2.17. The van der Waals surface area contributed by atoms with Crippen molar-refractivity contribution in [1.82, 2.24) is 5.32 Å². The van der Waals surface area contributed by atoms with E-state index >= 15 is 0 Å². The number of carboxylic acid groups (broad SMARTS) is 1. The number of para-hydroxylation sites is 1. The summed E-state index contributed by atoms with van der Waals surface area (Å²) in [7, 11) is 0. The van der Waals surface area contributed by atoms with Crippen molar-refractivity contribution in [1.29, 1.82) is 0 Å². The SMILES string of the molecule is O=C(Nc1ccccc1C(=O)NC(C(=O)O)C1CC1)OCC1c2ccccc2-c2ccccc21. The number of fused-ring (bicyclic) bond motifs is 3. The van der Waals surface area contributed by atoms with E-state index in [0.717, 1.165) is 35.1 Å². The Bertz CT molecular complexity index is 1220. The van der Waals surface area contributed by atoms with Gasteiger partial charge in [0.25, 0.3) is 5.91 Å². The van der Waals surface area contributed by atoms with E-state index in [1.54, 1.807) is 24.3 Å². The molecule has 2 aliphatic rings. The van der Waals surface area contributed by atoms with Crippen molar-refractivity contribution in [2.24, 2.45) is 5.92 Å². The predicted molar refractivity (Wildman–Crippen MR) is 127 cm³/mol. The summed E-state index contributed by atoms with van der Waals surface area (Å²) >= 11 is 0. The molecule has 3 N–H and O–H groups in total. The topological polar surface area (TPSA) is 105 Å². The number of aliphatic carboxylic acids is 1. The van der Waals surface area contributed by atoms with Crippen LogP contribution in [-0.2, 0) is 9.53 Å². The number of rotatable bonds is 7. The van der Waals surface area contributed by atoms with Crippen molar-refractivity contribution in [2.75, 3.05) is 11.9 Å². The molecule has 0 spiro atoms. The minimum Gasteiger partial charge on any atom is -0.480 e. The summed E-state index contributed by atoms with van der Waals surface area (Å²) in [6.07, 6.45) is 0.868. The lowest BCUT2D eigenvalue weighted by Crippen LogP contribution is -2.42. The molecular formula is C27H24N2O5. The molecule has 0 heterocycles. The molecule has 1 fully saturated rings. The van der Waals surface area contributed by atoms with Gasteiger partial charge in [-0.3, -0.25) is 10.1 Å². The first-order chi connectivity index (χ1) is 16.5. The summed E-state index contributed by atoms with van der Waals surface area (Å²) in [5.41, 5.74) is 4.93. The number of hydrogen-bond donors (Lipinski definition) is 3. The monoisotopic (exact) mass is 456 g/mol. The van der Waals surface area contributed by atoms with Crippen LogP contribution in [0, 0.1) is 5.92 Å². The summed E-state index contributed by atoms with van der Waals surface area (Å²) in [5.74, 6) is -1.73. The lowest BCUT2D eigenvalue weighted by atomic mass is 9.98. The standard InChI is InChI=1S/C27H24N2O5/c30-25(29-24(26(31)32)16-13-14-16)21-11-5-6-12-23(21)28-27(33)34-15-22-19-9-3-1-7-17(19)18-8-2-4-10-20(18)22/h1-12,16,22,24H,13-15H2,(H,28,33)(H,29,30)(H,31,32). The molecule has 34 heavy (non-hydrogen) atoms. The van der Waals surface area contributed by atoms with Crippen LogP contribution < -0.4 is 10.6 Å². The predicted octanol–water partition coefficient (Wildman–Crippen LogP) is 4.64. The number of nitrogens with one attached hydrogen (secondary N) is 2. The third-order valence-corrected chi connectivity index (χ3v) is 6.40. The second-order valence-electron chi connectivity index (χ2n) is 8.62. The number of anilines is 1. The van der Waals surface area contributed by atoms with Gasteiger partial charge in [-0.1, -0.05) is 60.7 Å². The minimum atomic E-state index is -1.06. The summed E-state index contributed by atoms with van der Waals surface area (Å²) in [6, 6.07) is 21.7. The second kappa shape index (κ2) is 9.02. The van der Waals surface area contributed by atoms with Gasteiger partial charge in [0.15, 0.2) is 0 Å². The van der Waals surface area contributed by atoms with E-state index in [0.29, 0.717) is 0 Å². The Morgan fingerprint density at radius 2 is 1.47 bits per heavy atom. The second-order valence-corrected chi connectivity index (χ2v) is 8.62. The fraction of sp³-hybridized carbons (Fsp3) is 0.222. The molecule has 0 bridgehead atoms. The maximum absolute atomic E-state index is 12.8. The van der Waals surface area contributed by atoms with Crippen LogP contribution >= 0.6 is 0 Å². The lowest BCUT2D eigenvalue weighted by molar-refractivity contribution is -0.139. The van der Waals surface area contributed by atoms with Crippen molar-refractivity contribution in [3.8, 4) is 11.1 Å². The van der Waals surface area contributed by atoms with E-state index in [2.05, 4.69) is 22.8 Å².